The summed E-state index contributed by atoms with van der Waals surface area (Å²) in [5, 5.41) is 12.0. The highest BCUT2D eigenvalue weighted by Gasteiger charge is 2.19. The summed E-state index contributed by atoms with van der Waals surface area (Å²) in [6, 6.07) is -0.00956. The fourth-order valence-electron chi connectivity index (χ4n) is 1.96. The second kappa shape index (κ2) is 6.86. The molecule has 4 heteroatoms. The maximum Gasteiger partial charge on any atom is 0.307 e. The Hall–Kier alpha value is -0.610. The molecule has 1 aliphatic rings. The lowest BCUT2D eigenvalue weighted by atomic mass is 10.0. The number of carboxylic acids is 1. The molecule has 16 heavy (non-hydrogen) atoms. The molecule has 0 aliphatic heterocycles. The molecule has 0 aromatic rings. The molecule has 0 aromatic heterocycles. The fraction of sp³-hybridized carbons (Fsp3) is 0.917. The number of carboxylic acid groups (broad SMARTS) is 1. The molecule has 4 nitrogen and oxygen atoms in total. The summed E-state index contributed by atoms with van der Waals surface area (Å²) in [7, 11) is 0. The molecule has 2 unspecified atom stereocenters. The molecule has 0 saturated heterocycles. The van der Waals surface area contributed by atoms with Crippen molar-refractivity contribution in [2.24, 2.45) is 5.92 Å². The molecule has 0 bridgehead atoms. The number of nitrogens with one attached hydrogen (secondary N) is 1. The van der Waals surface area contributed by atoms with Gasteiger partial charge in [0.2, 0.25) is 0 Å². The number of carbonyl (C=O) groups is 1. The zero-order valence-corrected chi connectivity index (χ0v) is 10.2. The van der Waals surface area contributed by atoms with Crippen LogP contribution in [0.4, 0.5) is 0 Å². The molecule has 0 radical (unpaired) electrons. The summed E-state index contributed by atoms with van der Waals surface area (Å²) in [4.78, 5) is 10.7. The van der Waals surface area contributed by atoms with Gasteiger partial charge in [0.25, 0.3) is 0 Å². The molecular weight excluding hydrogens is 206 g/mol. The Kier molecular flexibility index (Phi) is 5.77. The first-order chi connectivity index (χ1) is 7.61. The van der Waals surface area contributed by atoms with Crippen molar-refractivity contribution in [2.45, 2.75) is 51.7 Å². The van der Waals surface area contributed by atoms with Crippen LogP contribution in [0.5, 0.6) is 0 Å². The van der Waals surface area contributed by atoms with E-state index >= 15 is 0 Å². The lowest BCUT2D eigenvalue weighted by molar-refractivity contribution is -0.141. The zero-order valence-electron chi connectivity index (χ0n) is 10.2. The minimum absolute atomic E-state index is 0.00956. The van der Waals surface area contributed by atoms with Gasteiger partial charge in [0.05, 0.1) is 18.6 Å². The average Bonchev–Trinajstić information content (AvgIpc) is 2.75. The van der Waals surface area contributed by atoms with E-state index in [9.17, 15) is 4.79 Å². The van der Waals surface area contributed by atoms with E-state index < -0.39 is 5.97 Å². The van der Waals surface area contributed by atoms with Crippen molar-refractivity contribution in [1.82, 2.24) is 5.32 Å². The average molecular weight is 229 g/mol. The molecule has 0 amide bonds. The van der Waals surface area contributed by atoms with E-state index in [4.69, 9.17) is 9.84 Å². The van der Waals surface area contributed by atoms with Crippen LogP contribution >= 0.6 is 0 Å². The second-order valence-corrected chi connectivity index (χ2v) is 4.65. The molecule has 1 fully saturated rings. The molecule has 2 N–H and O–H groups in total. The van der Waals surface area contributed by atoms with Crippen molar-refractivity contribution < 1.29 is 14.6 Å². The third-order valence-corrected chi connectivity index (χ3v) is 3.36. The number of ether oxygens (including phenoxy) is 1. The number of aliphatic carboxylic acids is 1. The summed E-state index contributed by atoms with van der Waals surface area (Å²) in [5.41, 5.74) is 0. The smallest absolute Gasteiger partial charge is 0.307 e. The predicted octanol–water partition coefficient (Wildman–Crippen LogP) is 1.64. The second-order valence-electron chi connectivity index (χ2n) is 4.65. The van der Waals surface area contributed by atoms with Crippen molar-refractivity contribution in [3.05, 3.63) is 0 Å². The predicted molar refractivity (Wildman–Crippen MR) is 62.5 cm³/mol. The van der Waals surface area contributed by atoms with Crippen LogP contribution in [0, 0.1) is 5.92 Å². The summed E-state index contributed by atoms with van der Waals surface area (Å²) in [6.45, 7) is 5.03. The van der Waals surface area contributed by atoms with Gasteiger partial charge in [-0.3, -0.25) is 4.79 Å². The van der Waals surface area contributed by atoms with Gasteiger partial charge >= 0.3 is 5.97 Å². The standard InChI is InChI=1S/C12H23NO3/c1-9(12(14)15)10(2)13-7-8-16-11-5-3-4-6-11/h9-11,13H,3-8H2,1-2H3,(H,14,15). The lowest BCUT2D eigenvalue weighted by Crippen LogP contribution is -2.38. The molecule has 1 saturated carbocycles. The van der Waals surface area contributed by atoms with Crippen LogP contribution in [0.15, 0.2) is 0 Å². The highest BCUT2D eigenvalue weighted by Crippen LogP contribution is 2.20. The van der Waals surface area contributed by atoms with Crippen LogP contribution < -0.4 is 5.32 Å². The van der Waals surface area contributed by atoms with E-state index in [1.165, 1.54) is 25.7 Å². The molecular formula is C12H23NO3. The Morgan fingerprint density at radius 2 is 2.06 bits per heavy atom. The minimum Gasteiger partial charge on any atom is -0.481 e. The molecule has 1 rings (SSSR count). The molecule has 1 aliphatic carbocycles. The zero-order chi connectivity index (χ0) is 12.0. The third-order valence-electron chi connectivity index (χ3n) is 3.36. The van der Waals surface area contributed by atoms with Crippen LogP contribution in [0.3, 0.4) is 0 Å². The first kappa shape index (κ1) is 13.5. The van der Waals surface area contributed by atoms with Gasteiger partial charge in [0, 0.05) is 12.6 Å². The van der Waals surface area contributed by atoms with Gasteiger partial charge in [-0.15, -0.1) is 0 Å². The summed E-state index contributed by atoms with van der Waals surface area (Å²) in [6.07, 6.45) is 5.37. The van der Waals surface area contributed by atoms with Gasteiger partial charge in [-0.1, -0.05) is 19.8 Å². The molecule has 0 spiro atoms. The van der Waals surface area contributed by atoms with Crippen LogP contribution in [0.1, 0.15) is 39.5 Å². The van der Waals surface area contributed by atoms with Gasteiger partial charge < -0.3 is 15.2 Å². The Labute approximate surface area is 97.4 Å². The first-order valence-electron chi connectivity index (χ1n) is 6.19. The Balaban J connectivity index is 2.03. The number of hydrogen-bond donors (Lipinski definition) is 2. The lowest BCUT2D eigenvalue weighted by Gasteiger charge is -2.18. The Morgan fingerprint density at radius 1 is 1.44 bits per heavy atom. The monoisotopic (exact) mass is 229 g/mol. The van der Waals surface area contributed by atoms with E-state index in [1.807, 2.05) is 6.92 Å². The fourth-order valence-corrected chi connectivity index (χ4v) is 1.96. The molecule has 94 valence electrons. The van der Waals surface area contributed by atoms with Crippen LogP contribution in [0.25, 0.3) is 0 Å². The highest BCUT2D eigenvalue weighted by atomic mass is 16.5. The summed E-state index contributed by atoms with van der Waals surface area (Å²) in [5.74, 6) is -1.11. The first-order valence-corrected chi connectivity index (χ1v) is 6.19. The largest absolute Gasteiger partial charge is 0.481 e. The van der Waals surface area contributed by atoms with Crippen molar-refractivity contribution in [2.75, 3.05) is 13.2 Å². The minimum atomic E-state index is -0.753. The van der Waals surface area contributed by atoms with Gasteiger partial charge in [0.15, 0.2) is 0 Å². The Morgan fingerprint density at radius 3 is 2.62 bits per heavy atom. The van der Waals surface area contributed by atoms with Crippen molar-refractivity contribution in [3.8, 4) is 0 Å². The number of rotatable bonds is 7. The summed E-state index contributed by atoms with van der Waals surface area (Å²) < 4.78 is 5.68. The van der Waals surface area contributed by atoms with Gasteiger partial charge in [-0.25, -0.2) is 0 Å². The molecule has 2 atom stereocenters. The molecule has 0 aromatic carbocycles. The van der Waals surface area contributed by atoms with E-state index in [-0.39, 0.29) is 12.0 Å². The van der Waals surface area contributed by atoms with Crippen molar-refractivity contribution >= 4 is 5.97 Å². The Bertz CT molecular complexity index is 214. The van der Waals surface area contributed by atoms with E-state index in [2.05, 4.69) is 5.32 Å². The third kappa shape index (κ3) is 4.49. The van der Waals surface area contributed by atoms with E-state index in [1.54, 1.807) is 6.92 Å². The van der Waals surface area contributed by atoms with Gasteiger partial charge in [-0.2, -0.15) is 0 Å². The van der Waals surface area contributed by atoms with E-state index in [0.717, 1.165) is 6.54 Å². The molecule has 0 heterocycles. The van der Waals surface area contributed by atoms with Gasteiger partial charge in [-0.05, 0) is 19.8 Å². The van der Waals surface area contributed by atoms with Crippen molar-refractivity contribution in [1.29, 1.82) is 0 Å². The topological polar surface area (TPSA) is 58.6 Å². The summed E-state index contributed by atoms with van der Waals surface area (Å²) >= 11 is 0. The quantitative estimate of drug-likeness (QED) is 0.652. The maximum atomic E-state index is 10.7. The normalized spacial score (nSPS) is 20.9. The van der Waals surface area contributed by atoms with Crippen LogP contribution in [0.2, 0.25) is 0 Å². The van der Waals surface area contributed by atoms with Gasteiger partial charge in [0.1, 0.15) is 0 Å². The van der Waals surface area contributed by atoms with E-state index in [0.29, 0.717) is 12.7 Å². The SMILES string of the molecule is CC(NCCOC1CCCC1)C(C)C(=O)O. The maximum absolute atomic E-state index is 10.7. The number of hydrogen-bond acceptors (Lipinski definition) is 3. The highest BCUT2D eigenvalue weighted by molar-refractivity contribution is 5.70. The van der Waals surface area contributed by atoms with Crippen LogP contribution in [-0.4, -0.2) is 36.4 Å². The van der Waals surface area contributed by atoms with Crippen molar-refractivity contribution in [3.63, 3.8) is 0 Å². The van der Waals surface area contributed by atoms with Crippen LogP contribution in [-0.2, 0) is 9.53 Å².